The highest BCUT2D eigenvalue weighted by molar-refractivity contribution is 5.72. The molecule has 0 saturated heterocycles. The number of fused-ring (bicyclic) bond motifs is 1. The fraction of sp³-hybridized carbons (Fsp3) is 0.467. The second kappa shape index (κ2) is 4.92. The van der Waals surface area contributed by atoms with Crippen LogP contribution in [0.1, 0.15) is 30.0 Å². The number of ether oxygens (including phenoxy) is 1. The summed E-state index contributed by atoms with van der Waals surface area (Å²) in [6.45, 7) is 2.05. The highest BCUT2D eigenvalue weighted by Gasteiger charge is 2.35. The van der Waals surface area contributed by atoms with E-state index >= 15 is 0 Å². The third-order valence-electron chi connectivity index (χ3n) is 3.89. The van der Waals surface area contributed by atoms with Crippen molar-refractivity contribution in [3.63, 3.8) is 0 Å². The summed E-state index contributed by atoms with van der Waals surface area (Å²) < 4.78 is 4.66. The Morgan fingerprint density at radius 1 is 1.39 bits per heavy atom. The second-order valence-electron chi connectivity index (χ2n) is 5.04. The maximum Gasteiger partial charge on any atom is 0.309 e. The number of carbonyl (C=O) groups excluding carboxylic acids is 2. The summed E-state index contributed by atoms with van der Waals surface area (Å²) in [6, 6.07) is 6.02. The van der Waals surface area contributed by atoms with Crippen LogP contribution in [-0.2, 0) is 33.6 Å². The van der Waals surface area contributed by atoms with E-state index in [1.807, 2.05) is 18.2 Å². The smallest absolute Gasteiger partial charge is 0.309 e. The fourth-order valence-corrected chi connectivity index (χ4v) is 2.60. The molecule has 0 fully saturated rings. The number of carbonyl (C=O) groups is 2. The van der Waals surface area contributed by atoms with Gasteiger partial charge in [-0.05, 0) is 36.0 Å². The zero-order valence-electron chi connectivity index (χ0n) is 10.9. The minimum absolute atomic E-state index is 0.230. The molecule has 0 N–H and O–H groups in total. The van der Waals surface area contributed by atoms with Gasteiger partial charge in [0.1, 0.15) is 6.29 Å². The van der Waals surface area contributed by atoms with Crippen molar-refractivity contribution in [1.29, 1.82) is 0 Å². The van der Waals surface area contributed by atoms with Crippen molar-refractivity contribution in [2.45, 2.75) is 32.6 Å². The van der Waals surface area contributed by atoms with E-state index in [4.69, 9.17) is 0 Å². The Balaban J connectivity index is 2.21. The van der Waals surface area contributed by atoms with Gasteiger partial charge in [0, 0.05) is 5.41 Å². The molecule has 96 valence electrons. The van der Waals surface area contributed by atoms with Gasteiger partial charge in [0.25, 0.3) is 0 Å². The van der Waals surface area contributed by atoms with Gasteiger partial charge in [0.15, 0.2) is 0 Å². The highest BCUT2D eigenvalue weighted by Crippen LogP contribution is 2.38. The average Bonchev–Trinajstić information content (AvgIpc) is 2.77. The lowest BCUT2D eigenvalue weighted by atomic mass is 9.84. The second-order valence-corrected chi connectivity index (χ2v) is 5.04. The van der Waals surface area contributed by atoms with Crippen LogP contribution < -0.4 is 0 Å². The third-order valence-corrected chi connectivity index (χ3v) is 3.89. The molecule has 0 aliphatic heterocycles. The van der Waals surface area contributed by atoms with Crippen LogP contribution in [0.2, 0.25) is 0 Å². The summed E-state index contributed by atoms with van der Waals surface area (Å²) in [6.07, 6.45) is 3.85. The van der Waals surface area contributed by atoms with Crippen LogP contribution in [-0.4, -0.2) is 19.4 Å². The van der Waals surface area contributed by atoms with Gasteiger partial charge in [0.05, 0.1) is 13.5 Å². The zero-order chi connectivity index (χ0) is 13.2. The van der Waals surface area contributed by atoms with E-state index in [2.05, 4.69) is 11.7 Å². The summed E-state index contributed by atoms with van der Waals surface area (Å²) in [5.74, 6) is -0.231. The Hall–Kier alpha value is -1.64. The minimum Gasteiger partial charge on any atom is -0.469 e. The minimum atomic E-state index is -0.231. The Morgan fingerprint density at radius 3 is 2.72 bits per heavy atom. The van der Waals surface area contributed by atoms with E-state index in [1.54, 1.807) is 0 Å². The summed E-state index contributed by atoms with van der Waals surface area (Å²) in [7, 11) is 1.39. The number of rotatable bonds is 4. The zero-order valence-corrected chi connectivity index (χ0v) is 10.9. The first kappa shape index (κ1) is 12.8. The maximum absolute atomic E-state index is 11.3. The van der Waals surface area contributed by atoms with Crippen LogP contribution in [0.3, 0.4) is 0 Å². The molecule has 1 aliphatic rings. The van der Waals surface area contributed by atoms with Crippen molar-refractivity contribution in [2.75, 3.05) is 7.11 Å². The van der Waals surface area contributed by atoms with E-state index in [9.17, 15) is 9.59 Å². The normalized spacial score (nSPS) is 21.4. The van der Waals surface area contributed by atoms with Crippen LogP contribution >= 0.6 is 0 Å². The number of methoxy groups -OCH3 is 1. The van der Waals surface area contributed by atoms with Crippen molar-refractivity contribution in [3.8, 4) is 0 Å². The molecule has 1 aromatic carbocycles. The quantitative estimate of drug-likeness (QED) is 0.603. The van der Waals surface area contributed by atoms with Crippen LogP contribution in [0.25, 0.3) is 0 Å². The molecule has 1 aromatic rings. The number of benzene rings is 1. The molecular formula is C15H18O3. The molecular weight excluding hydrogens is 228 g/mol. The molecule has 2 rings (SSSR count). The fourth-order valence-electron chi connectivity index (χ4n) is 2.60. The topological polar surface area (TPSA) is 43.4 Å². The molecule has 0 amide bonds. The molecule has 1 unspecified atom stereocenters. The number of hydrogen-bond acceptors (Lipinski definition) is 3. The summed E-state index contributed by atoms with van der Waals surface area (Å²) in [4.78, 5) is 22.5. The van der Waals surface area contributed by atoms with Crippen molar-refractivity contribution in [1.82, 2.24) is 0 Å². The van der Waals surface area contributed by atoms with E-state index in [0.29, 0.717) is 6.42 Å². The largest absolute Gasteiger partial charge is 0.469 e. The molecule has 0 spiro atoms. The summed E-state index contributed by atoms with van der Waals surface area (Å²) >= 11 is 0. The van der Waals surface area contributed by atoms with E-state index in [1.165, 1.54) is 18.2 Å². The van der Waals surface area contributed by atoms with Gasteiger partial charge in [-0.3, -0.25) is 4.79 Å². The Kier molecular flexibility index (Phi) is 3.50. The van der Waals surface area contributed by atoms with Gasteiger partial charge in [0.2, 0.25) is 0 Å². The summed E-state index contributed by atoms with van der Waals surface area (Å²) in [5.41, 5.74) is 3.16. The van der Waals surface area contributed by atoms with Gasteiger partial charge in [-0.2, -0.15) is 0 Å². The first-order valence-corrected chi connectivity index (χ1v) is 6.26. The lowest BCUT2D eigenvalue weighted by molar-refractivity contribution is -0.139. The first-order valence-electron chi connectivity index (χ1n) is 6.26. The van der Waals surface area contributed by atoms with Crippen molar-refractivity contribution >= 4 is 12.3 Å². The molecule has 1 aliphatic carbocycles. The molecule has 0 saturated carbocycles. The molecule has 1 atom stereocenters. The number of hydrogen-bond donors (Lipinski definition) is 0. The SMILES string of the molecule is CCC1(C=O)Cc2ccc(CC(=O)OC)cc2C1. The van der Waals surface area contributed by atoms with E-state index in [-0.39, 0.29) is 11.4 Å². The molecule has 0 bridgehead atoms. The molecule has 0 heterocycles. The Labute approximate surface area is 107 Å². The van der Waals surface area contributed by atoms with Crippen molar-refractivity contribution < 1.29 is 14.3 Å². The van der Waals surface area contributed by atoms with Crippen molar-refractivity contribution in [3.05, 3.63) is 34.9 Å². The molecule has 18 heavy (non-hydrogen) atoms. The maximum atomic E-state index is 11.3. The highest BCUT2D eigenvalue weighted by atomic mass is 16.5. The Bertz CT molecular complexity index is 479. The monoisotopic (exact) mass is 246 g/mol. The molecule has 0 radical (unpaired) electrons. The third kappa shape index (κ3) is 2.30. The van der Waals surface area contributed by atoms with Gasteiger partial charge in [-0.15, -0.1) is 0 Å². The van der Waals surface area contributed by atoms with Gasteiger partial charge < -0.3 is 9.53 Å². The van der Waals surface area contributed by atoms with Crippen LogP contribution in [0, 0.1) is 5.41 Å². The number of esters is 1. The van der Waals surface area contributed by atoms with E-state index < -0.39 is 0 Å². The average molecular weight is 246 g/mol. The lowest BCUT2D eigenvalue weighted by Gasteiger charge is -2.18. The predicted molar refractivity (Wildman–Crippen MR) is 68.4 cm³/mol. The van der Waals surface area contributed by atoms with Crippen molar-refractivity contribution in [2.24, 2.45) is 5.41 Å². The Morgan fingerprint density at radius 2 is 2.11 bits per heavy atom. The van der Waals surface area contributed by atoms with Gasteiger partial charge >= 0.3 is 5.97 Å². The van der Waals surface area contributed by atoms with E-state index in [0.717, 1.165) is 31.1 Å². The molecule has 0 aromatic heterocycles. The first-order chi connectivity index (χ1) is 8.62. The summed E-state index contributed by atoms with van der Waals surface area (Å²) in [5, 5.41) is 0. The van der Waals surface area contributed by atoms with Crippen LogP contribution in [0.5, 0.6) is 0 Å². The van der Waals surface area contributed by atoms with Gasteiger partial charge in [-0.1, -0.05) is 25.1 Å². The number of aldehydes is 1. The van der Waals surface area contributed by atoms with Crippen LogP contribution in [0.15, 0.2) is 18.2 Å². The molecule has 3 nitrogen and oxygen atoms in total. The molecule has 3 heteroatoms. The van der Waals surface area contributed by atoms with Gasteiger partial charge in [-0.25, -0.2) is 0 Å². The van der Waals surface area contributed by atoms with Crippen LogP contribution in [0.4, 0.5) is 0 Å². The predicted octanol–water partition coefficient (Wildman–Crippen LogP) is 2.10. The standard InChI is InChI=1S/C15H18O3/c1-3-15(10-16)8-12-5-4-11(6-13(12)9-15)7-14(17)18-2/h4-6,10H,3,7-9H2,1-2H3. The lowest BCUT2D eigenvalue weighted by Crippen LogP contribution is -2.21.